The molecule has 0 saturated carbocycles. The molecule has 16 heavy (non-hydrogen) atoms. The molecule has 1 fully saturated rings. The predicted molar refractivity (Wildman–Crippen MR) is 58.2 cm³/mol. The summed E-state index contributed by atoms with van der Waals surface area (Å²) in [6, 6.07) is 7.11. The predicted octanol–water partition coefficient (Wildman–Crippen LogP) is 1.77. The highest BCUT2D eigenvalue weighted by Crippen LogP contribution is 2.23. The summed E-state index contributed by atoms with van der Waals surface area (Å²) in [5, 5.41) is 0. The summed E-state index contributed by atoms with van der Waals surface area (Å²) in [5.41, 5.74) is -0.379. The molecule has 2 rings (SSSR count). The summed E-state index contributed by atoms with van der Waals surface area (Å²) < 4.78 is 34.8. The first-order valence-corrected chi connectivity index (χ1v) is 6.05. The third-order valence-electron chi connectivity index (χ3n) is 2.36. The number of ether oxygens (including phenoxy) is 1. The molecule has 1 aromatic carbocycles. The van der Waals surface area contributed by atoms with Crippen molar-refractivity contribution in [1.29, 1.82) is 0 Å². The summed E-state index contributed by atoms with van der Waals surface area (Å²) in [4.78, 5) is 0.550. The molecule has 0 spiro atoms. The Balaban J connectivity index is 1.90. The molecule has 1 atom stereocenters. The Kier molecular flexibility index (Phi) is 3.37. The van der Waals surface area contributed by atoms with Crippen LogP contribution >= 0.6 is 0 Å². The number of alkyl halides is 1. The van der Waals surface area contributed by atoms with Gasteiger partial charge in [-0.05, 0) is 19.1 Å². The Morgan fingerprint density at radius 3 is 2.56 bits per heavy atom. The number of rotatable bonds is 4. The van der Waals surface area contributed by atoms with Gasteiger partial charge in [-0.15, -0.1) is 0 Å². The molecule has 5 heteroatoms. The highest BCUT2D eigenvalue weighted by molar-refractivity contribution is 7.80. The molecule has 1 saturated heterocycles. The van der Waals surface area contributed by atoms with Crippen LogP contribution < -0.4 is 0 Å². The summed E-state index contributed by atoms with van der Waals surface area (Å²) in [6.07, 6.45) is 0. The zero-order chi connectivity index (χ0) is 11.6. The maximum atomic E-state index is 13.5. The van der Waals surface area contributed by atoms with Crippen LogP contribution in [0.1, 0.15) is 5.56 Å². The van der Waals surface area contributed by atoms with E-state index in [-0.39, 0.29) is 19.8 Å². The van der Waals surface area contributed by atoms with E-state index in [1.165, 1.54) is 0 Å². The summed E-state index contributed by atoms with van der Waals surface area (Å²) >= 11 is -1.60. The normalized spacial score (nSPS) is 20.1. The fourth-order valence-electron chi connectivity index (χ4n) is 1.28. The number of hydrogen-bond acceptors (Lipinski definition) is 3. The van der Waals surface area contributed by atoms with Crippen molar-refractivity contribution in [1.82, 2.24) is 0 Å². The van der Waals surface area contributed by atoms with Crippen LogP contribution in [0, 0.1) is 6.92 Å². The fraction of sp³-hybridized carbons (Fsp3) is 0.455. The van der Waals surface area contributed by atoms with Gasteiger partial charge in [-0.2, -0.15) is 0 Å². The lowest BCUT2D eigenvalue weighted by Gasteiger charge is -2.32. The van der Waals surface area contributed by atoms with E-state index in [4.69, 9.17) is 8.92 Å². The van der Waals surface area contributed by atoms with Gasteiger partial charge < -0.3 is 4.74 Å². The van der Waals surface area contributed by atoms with Crippen molar-refractivity contribution in [2.45, 2.75) is 17.5 Å². The fourth-order valence-corrected chi connectivity index (χ4v) is 2.10. The third-order valence-corrected chi connectivity index (χ3v) is 3.35. The first kappa shape index (κ1) is 11.7. The molecule has 1 aliphatic heterocycles. The number of hydrogen-bond donors (Lipinski definition) is 0. The highest BCUT2D eigenvalue weighted by Gasteiger charge is 2.39. The van der Waals surface area contributed by atoms with Gasteiger partial charge in [0.05, 0.1) is 18.1 Å². The Bertz CT molecular complexity index is 387. The van der Waals surface area contributed by atoms with Crippen LogP contribution in [0.3, 0.4) is 0 Å². The van der Waals surface area contributed by atoms with E-state index in [9.17, 15) is 8.60 Å². The second-order valence-electron chi connectivity index (χ2n) is 3.95. The molecule has 1 heterocycles. The molecule has 0 amide bonds. The molecule has 3 nitrogen and oxygen atoms in total. The lowest BCUT2D eigenvalue weighted by atomic mass is 10.1. The molecule has 0 bridgehead atoms. The van der Waals surface area contributed by atoms with Crippen molar-refractivity contribution in [3.63, 3.8) is 0 Å². The van der Waals surface area contributed by atoms with Crippen molar-refractivity contribution in [2.75, 3.05) is 19.8 Å². The molecule has 0 radical (unpaired) electrons. The van der Waals surface area contributed by atoms with E-state index in [1.54, 1.807) is 12.1 Å². The maximum Gasteiger partial charge on any atom is 0.189 e. The van der Waals surface area contributed by atoms with Gasteiger partial charge in [0, 0.05) is 0 Å². The lowest BCUT2D eigenvalue weighted by Crippen LogP contribution is -2.49. The standard InChI is InChI=1S/C11H13FO3S/c1-9-2-4-10(5-3-9)16(13)15-8-11(12)6-14-7-11/h2-5H,6-8H2,1H3. The van der Waals surface area contributed by atoms with Crippen molar-refractivity contribution < 1.29 is 17.5 Å². The molecule has 88 valence electrons. The Hall–Kier alpha value is -0.780. The molecular weight excluding hydrogens is 231 g/mol. The number of benzene rings is 1. The van der Waals surface area contributed by atoms with Crippen LogP contribution in [0.25, 0.3) is 0 Å². The zero-order valence-electron chi connectivity index (χ0n) is 8.94. The van der Waals surface area contributed by atoms with Gasteiger partial charge in [0.25, 0.3) is 0 Å². The molecule has 1 aromatic rings. The van der Waals surface area contributed by atoms with Gasteiger partial charge in [-0.25, -0.2) is 8.60 Å². The van der Waals surface area contributed by atoms with Crippen LogP contribution in [0.15, 0.2) is 29.2 Å². The Morgan fingerprint density at radius 2 is 2.06 bits per heavy atom. The average molecular weight is 244 g/mol. The first-order valence-electron chi connectivity index (χ1n) is 4.97. The second kappa shape index (κ2) is 4.61. The maximum absolute atomic E-state index is 13.5. The monoisotopic (exact) mass is 244 g/mol. The van der Waals surface area contributed by atoms with E-state index >= 15 is 0 Å². The van der Waals surface area contributed by atoms with Crippen LogP contribution in [0.5, 0.6) is 0 Å². The quantitative estimate of drug-likeness (QED) is 0.809. The minimum Gasteiger partial charge on any atom is -0.374 e. The van der Waals surface area contributed by atoms with E-state index in [1.807, 2.05) is 19.1 Å². The van der Waals surface area contributed by atoms with E-state index < -0.39 is 16.7 Å². The summed E-state index contributed by atoms with van der Waals surface area (Å²) in [7, 11) is 0. The topological polar surface area (TPSA) is 35.5 Å². The Labute approximate surface area is 96.2 Å². The SMILES string of the molecule is Cc1ccc(S(=O)OCC2(F)COC2)cc1. The number of halogens is 1. The molecular formula is C11H13FO3S. The molecule has 0 aromatic heterocycles. The minimum atomic E-state index is -1.60. The van der Waals surface area contributed by atoms with Crippen molar-refractivity contribution in [3.05, 3.63) is 29.8 Å². The largest absolute Gasteiger partial charge is 0.374 e. The summed E-state index contributed by atoms with van der Waals surface area (Å²) in [6.45, 7) is 1.81. The summed E-state index contributed by atoms with van der Waals surface area (Å²) in [5.74, 6) is 0. The van der Waals surface area contributed by atoms with E-state index in [2.05, 4.69) is 0 Å². The number of aryl methyl sites for hydroxylation is 1. The van der Waals surface area contributed by atoms with Crippen molar-refractivity contribution >= 4 is 11.1 Å². The highest BCUT2D eigenvalue weighted by atomic mass is 32.2. The van der Waals surface area contributed by atoms with Crippen LogP contribution in [-0.2, 0) is 20.0 Å². The molecule has 0 aliphatic carbocycles. The van der Waals surface area contributed by atoms with E-state index in [0.29, 0.717) is 4.90 Å². The van der Waals surface area contributed by atoms with Crippen molar-refractivity contribution in [3.8, 4) is 0 Å². The van der Waals surface area contributed by atoms with Gasteiger partial charge in [0.2, 0.25) is 0 Å². The van der Waals surface area contributed by atoms with Gasteiger partial charge >= 0.3 is 0 Å². The minimum absolute atomic E-state index is 0.0259. The van der Waals surface area contributed by atoms with Gasteiger partial charge in [-0.1, -0.05) is 17.7 Å². The third kappa shape index (κ3) is 2.66. The van der Waals surface area contributed by atoms with Crippen molar-refractivity contribution in [2.24, 2.45) is 0 Å². The van der Waals surface area contributed by atoms with Gasteiger partial charge in [0.1, 0.15) is 6.61 Å². The average Bonchev–Trinajstić information content (AvgIpc) is 2.24. The van der Waals surface area contributed by atoms with E-state index in [0.717, 1.165) is 5.56 Å². The smallest absolute Gasteiger partial charge is 0.189 e. The van der Waals surface area contributed by atoms with Gasteiger partial charge in [-0.3, -0.25) is 4.18 Å². The van der Waals surface area contributed by atoms with Crippen LogP contribution in [0.2, 0.25) is 0 Å². The molecule has 1 aliphatic rings. The Morgan fingerprint density at radius 1 is 1.44 bits per heavy atom. The van der Waals surface area contributed by atoms with Crippen LogP contribution in [0.4, 0.5) is 4.39 Å². The van der Waals surface area contributed by atoms with Crippen LogP contribution in [-0.4, -0.2) is 29.7 Å². The molecule has 1 unspecified atom stereocenters. The zero-order valence-corrected chi connectivity index (χ0v) is 9.76. The lowest BCUT2D eigenvalue weighted by molar-refractivity contribution is -0.144. The first-order chi connectivity index (χ1) is 7.59. The molecule has 0 N–H and O–H groups in total. The van der Waals surface area contributed by atoms with Gasteiger partial charge in [0.15, 0.2) is 16.7 Å². The second-order valence-corrected chi connectivity index (χ2v) is 5.13.